The highest BCUT2D eigenvalue weighted by molar-refractivity contribution is 6.14. The zero-order chi connectivity index (χ0) is 23.4. The van der Waals surface area contributed by atoms with Crippen molar-refractivity contribution in [1.82, 2.24) is 14.4 Å². The van der Waals surface area contributed by atoms with E-state index in [1.807, 2.05) is 36.5 Å². The average Bonchev–Trinajstić information content (AvgIpc) is 3.31. The van der Waals surface area contributed by atoms with Crippen molar-refractivity contribution in [2.24, 2.45) is 0 Å². The normalized spacial score (nSPS) is 11.6. The third-order valence-electron chi connectivity index (χ3n) is 6.60. The first-order valence-corrected chi connectivity index (χ1v) is 11.7. The Hall–Kier alpha value is -4.70. The van der Waals surface area contributed by atoms with Crippen LogP contribution in [0.15, 0.2) is 109 Å². The van der Waals surface area contributed by atoms with E-state index in [9.17, 15) is 0 Å². The third kappa shape index (κ3) is 3.15. The molecule has 0 aliphatic heterocycles. The van der Waals surface area contributed by atoms with Gasteiger partial charge in [0.05, 0.1) is 22.2 Å². The van der Waals surface area contributed by atoms with Crippen LogP contribution < -0.4 is 4.74 Å². The fraction of sp³-hybridized carbons (Fsp3) is 0.0323. The van der Waals surface area contributed by atoms with Gasteiger partial charge < -0.3 is 4.74 Å². The highest BCUT2D eigenvalue weighted by Gasteiger charge is 2.14. The summed E-state index contributed by atoms with van der Waals surface area (Å²) in [4.78, 5) is 9.50. The number of rotatable bonds is 3. The van der Waals surface area contributed by atoms with Gasteiger partial charge in [0.25, 0.3) is 0 Å². The van der Waals surface area contributed by atoms with Gasteiger partial charge in [0, 0.05) is 22.5 Å². The molecule has 0 N–H and O–H groups in total. The van der Waals surface area contributed by atoms with E-state index >= 15 is 0 Å². The summed E-state index contributed by atoms with van der Waals surface area (Å²) in [6.07, 6.45) is 1.81. The Kier molecular flexibility index (Phi) is 4.33. The molecular weight excluding hydrogens is 430 g/mol. The summed E-state index contributed by atoms with van der Waals surface area (Å²) in [5.74, 6) is 1.60. The second kappa shape index (κ2) is 7.67. The first-order chi connectivity index (χ1) is 17.3. The summed E-state index contributed by atoms with van der Waals surface area (Å²) in [5.41, 5.74) is 7.19. The van der Waals surface area contributed by atoms with Gasteiger partial charge in [-0.3, -0.25) is 9.38 Å². The van der Waals surface area contributed by atoms with Crippen molar-refractivity contribution in [3.8, 4) is 22.8 Å². The van der Waals surface area contributed by atoms with Gasteiger partial charge >= 0.3 is 0 Å². The molecule has 0 amide bonds. The van der Waals surface area contributed by atoms with Crippen molar-refractivity contribution >= 4 is 38.4 Å². The molecule has 0 bridgehead atoms. The maximum atomic E-state index is 6.45. The van der Waals surface area contributed by atoms with E-state index in [0.717, 1.165) is 61.3 Å². The number of pyridine rings is 2. The fourth-order valence-electron chi connectivity index (χ4n) is 4.88. The van der Waals surface area contributed by atoms with E-state index in [2.05, 4.69) is 89.1 Å². The summed E-state index contributed by atoms with van der Waals surface area (Å²) in [6, 6.07) is 35.2. The summed E-state index contributed by atoms with van der Waals surface area (Å²) in [6.45, 7) is 2.06. The topological polar surface area (TPSA) is 39.4 Å². The minimum Gasteiger partial charge on any atom is -0.457 e. The summed E-state index contributed by atoms with van der Waals surface area (Å²) in [5, 5.41) is 3.42. The lowest BCUT2D eigenvalue weighted by atomic mass is 10.1. The monoisotopic (exact) mass is 451 g/mol. The molecule has 0 atom stereocenters. The van der Waals surface area contributed by atoms with Gasteiger partial charge in [0.15, 0.2) is 0 Å². The zero-order valence-electron chi connectivity index (χ0n) is 19.1. The first kappa shape index (κ1) is 19.7. The van der Waals surface area contributed by atoms with Crippen LogP contribution in [0.5, 0.6) is 11.5 Å². The highest BCUT2D eigenvalue weighted by Crippen LogP contribution is 2.36. The number of aryl methyl sites for hydroxylation is 1. The lowest BCUT2D eigenvalue weighted by molar-refractivity contribution is 0.480. The molecule has 3 heterocycles. The Bertz CT molecular complexity index is 1890. The molecule has 4 aromatic carbocycles. The number of imidazole rings is 1. The van der Waals surface area contributed by atoms with Crippen LogP contribution in [0.3, 0.4) is 0 Å². The van der Waals surface area contributed by atoms with Crippen LogP contribution in [0, 0.1) is 6.92 Å². The smallest absolute Gasteiger partial charge is 0.146 e. The predicted molar refractivity (Wildman–Crippen MR) is 142 cm³/mol. The average molecular weight is 452 g/mol. The Balaban J connectivity index is 1.43. The molecule has 0 aliphatic carbocycles. The van der Waals surface area contributed by atoms with Crippen LogP contribution in [0.25, 0.3) is 49.6 Å². The number of fused-ring (bicyclic) bond motifs is 8. The number of aromatic nitrogens is 3. The quantitative estimate of drug-likeness (QED) is 0.256. The van der Waals surface area contributed by atoms with Gasteiger partial charge in [-0.1, -0.05) is 48.5 Å². The Labute approximate surface area is 202 Å². The molecule has 35 heavy (non-hydrogen) atoms. The minimum atomic E-state index is 0.781. The Morgan fingerprint density at radius 1 is 0.686 bits per heavy atom. The van der Waals surface area contributed by atoms with E-state index in [4.69, 9.17) is 9.72 Å². The summed E-state index contributed by atoms with van der Waals surface area (Å²) >= 11 is 0. The Morgan fingerprint density at radius 2 is 1.51 bits per heavy atom. The molecule has 7 aromatic rings. The number of nitrogens with zero attached hydrogens (tertiary/aromatic N) is 3. The maximum Gasteiger partial charge on any atom is 0.146 e. The van der Waals surface area contributed by atoms with Crippen molar-refractivity contribution in [2.45, 2.75) is 6.92 Å². The molecule has 166 valence electrons. The second-order valence-corrected chi connectivity index (χ2v) is 8.78. The van der Waals surface area contributed by atoms with Gasteiger partial charge in [-0.25, -0.2) is 4.98 Å². The largest absolute Gasteiger partial charge is 0.457 e. The molecular formula is C31H21N3O. The highest BCUT2D eigenvalue weighted by atomic mass is 16.5. The van der Waals surface area contributed by atoms with Crippen LogP contribution in [-0.2, 0) is 0 Å². The second-order valence-electron chi connectivity index (χ2n) is 8.78. The Morgan fingerprint density at radius 3 is 2.40 bits per heavy atom. The van der Waals surface area contributed by atoms with Gasteiger partial charge in [0.1, 0.15) is 17.1 Å². The minimum absolute atomic E-state index is 0.781. The molecule has 4 heteroatoms. The van der Waals surface area contributed by atoms with Crippen molar-refractivity contribution in [1.29, 1.82) is 0 Å². The molecule has 4 nitrogen and oxygen atoms in total. The molecule has 0 saturated heterocycles. The van der Waals surface area contributed by atoms with E-state index in [-0.39, 0.29) is 0 Å². The SMILES string of the molecule is Cc1ccc(-c2ccccn2)cc1Oc1ccc2c3ccccc3n3c4ccccc4nc3c2c1. The van der Waals surface area contributed by atoms with E-state index in [0.29, 0.717) is 0 Å². The van der Waals surface area contributed by atoms with Gasteiger partial charge in [-0.05, 0) is 72.5 Å². The molecule has 0 fully saturated rings. The van der Waals surface area contributed by atoms with Crippen molar-refractivity contribution in [2.75, 3.05) is 0 Å². The first-order valence-electron chi connectivity index (χ1n) is 11.7. The molecule has 0 radical (unpaired) electrons. The standard InChI is InChI=1S/C31H21N3O/c1-20-13-14-21(26-9-6-7-17-32-26)18-30(20)35-22-15-16-23-24-8-2-4-11-28(24)34-29-12-5-3-10-27(29)33-31(34)25(23)19-22/h2-19H,1H3. The lowest BCUT2D eigenvalue weighted by Gasteiger charge is -2.13. The number of hydrogen-bond acceptors (Lipinski definition) is 3. The van der Waals surface area contributed by atoms with Crippen LogP contribution in [0.4, 0.5) is 0 Å². The maximum absolute atomic E-state index is 6.45. The van der Waals surface area contributed by atoms with Crippen LogP contribution >= 0.6 is 0 Å². The van der Waals surface area contributed by atoms with E-state index < -0.39 is 0 Å². The lowest BCUT2D eigenvalue weighted by Crippen LogP contribution is -1.93. The van der Waals surface area contributed by atoms with Gasteiger partial charge in [-0.2, -0.15) is 0 Å². The molecule has 0 spiro atoms. The van der Waals surface area contributed by atoms with E-state index in [1.54, 1.807) is 0 Å². The molecule has 0 saturated carbocycles. The van der Waals surface area contributed by atoms with Crippen molar-refractivity contribution < 1.29 is 4.74 Å². The predicted octanol–water partition coefficient (Wildman–Crippen LogP) is 7.96. The zero-order valence-corrected chi connectivity index (χ0v) is 19.1. The molecule has 3 aromatic heterocycles. The van der Waals surface area contributed by atoms with E-state index in [1.165, 1.54) is 5.39 Å². The van der Waals surface area contributed by atoms with Crippen LogP contribution in [-0.4, -0.2) is 14.4 Å². The fourth-order valence-corrected chi connectivity index (χ4v) is 4.88. The number of para-hydroxylation sites is 3. The van der Waals surface area contributed by atoms with Gasteiger partial charge in [0.2, 0.25) is 0 Å². The summed E-state index contributed by atoms with van der Waals surface area (Å²) in [7, 11) is 0. The van der Waals surface area contributed by atoms with Gasteiger partial charge in [-0.15, -0.1) is 0 Å². The number of ether oxygens (including phenoxy) is 1. The van der Waals surface area contributed by atoms with Crippen molar-refractivity contribution in [3.63, 3.8) is 0 Å². The number of benzene rings is 4. The molecule has 0 aliphatic rings. The van der Waals surface area contributed by atoms with Crippen molar-refractivity contribution in [3.05, 3.63) is 115 Å². The molecule has 7 rings (SSSR count). The van der Waals surface area contributed by atoms with Crippen LogP contribution in [0.1, 0.15) is 5.56 Å². The molecule has 0 unspecified atom stereocenters. The van der Waals surface area contributed by atoms with Crippen LogP contribution in [0.2, 0.25) is 0 Å². The third-order valence-corrected chi connectivity index (χ3v) is 6.60. The summed E-state index contributed by atoms with van der Waals surface area (Å²) < 4.78 is 8.70. The number of hydrogen-bond donors (Lipinski definition) is 0.